The number of rotatable bonds is 2. The Hall–Kier alpha value is -5.02. The van der Waals surface area contributed by atoms with Crippen LogP contribution in [0.3, 0.4) is 0 Å². The van der Waals surface area contributed by atoms with Gasteiger partial charge in [0.25, 0.3) is 0 Å². The molecule has 0 aliphatic carbocycles. The van der Waals surface area contributed by atoms with Crippen molar-refractivity contribution in [1.29, 1.82) is 0 Å². The quantitative estimate of drug-likeness (QED) is 0.175. The van der Waals surface area contributed by atoms with Gasteiger partial charge in [-0.3, -0.25) is 0 Å². The third-order valence-corrected chi connectivity index (χ3v) is 11.5. The molecule has 2 heteroatoms. The first-order chi connectivity index (χ1) is 21.8. The van der Waals surface area contributed by atoms with E-state index in [4.69, 9.17) is 0 Å². The molecule has 2 aromatic heterocycles. The van der Waals surface area contributed by atoms with Crippen molar-refractivity contribution in [2.24, 2.45) is 0 Å². The zero-order chi connectivity index (χ0) is 28.8. The third-order valence-electron chi connectivity index (χ3n) is 9.23. The maximum absolute atomic E-state index is 2.44. The molecule has 2 heterocycles. The summed E-state index contributed by atoms with van der Waals surface area (Å²) in [6, 6.07) is 54.2. The van der Waals surface area contributed by atoms with Crippen LogP contribution in [0.5, 0.6) is 0 Å². The second-order valence-corrected chi connectivity index (χ2v) is 13.8. The van der Waals surface area contributed by atoms with Crippen LogP contribution in [0.4, 0.5) is 0 Å². The van der Waals surface area contributed by atoms with E-state index in [2.05, 4.69) is 146 Å². The molecule has 0 amide bonds. The van der Waals surface area contributed by atoms with Gasteiger partial charge in [0.1, 0.15) is 0 Å². The molecule has 0 fully saturated rings. The van der Waals surface area contributed by atoms with Crippen LogP contribution in [-0.4, -0.2) is 0 Å². The Morgan fingerprint density at radius 3 is 1.39 bits per heavy atom. The van der Waals surface area contributed by atoms with E-state index in [1.54, 1.807) is 0 Å². The van der Waals surface area contributed by atoms with Gasteiger partial charge in [-0.25, -0.2) is 0 Å². The monoisotopic (exact) mass is 592 g/mol. The van der Waals surface area contributed by atoms with Gasteiger partial charge in [0, 0.05) is 40.3 Å². The molecule has 10 rings (SSSR count). The number of hydrogen-bond donors (Lipinski definition) is 0. The first-order valence-corrected chi connectivity index (χ1v) is 16.6. The molecule has 0 unspecified atom stereocenters. The van der Waals surface area contributed by atoms with E-state index in [-0.39, 0.29) is 0 Å². The summed E-state index contributed by atoms with van der Waals surface area (Å²) >= 11 is 3.80. The van der Waals surface area contributed by atoms with Crippen molar-refractivity contribution in [3.8, 4) is 22.3 Å². The third kappa shape index (κ3) is 3.50. The lowest BCUT2D eigenvalue weighted by Crippen LogP contribution is -1.91. The molecule has 8 aromatic carbocycles. The molecule has 10 aromatic rings. The van der Waals surface area contributed by atoms with Crippen LogP contribution in [0.1, 0.15) is 0 Å². The van der Waals surface area contributed by atoms with E-state index in [0.29, 0.717) is 0 Å². The molecular formula is C42H24S2. The zero-order valence-electron chi connectivity index (χ0n) is 23.7. The van der Waals surface area contributed by atoms with Gasteiger partial charge < -0.3 is 0 Å². The van der Waals surface area contributed by atoms with Crippen molar-refractivity contribution in [2.45, 2.75) is 0 Å². The highest BCUT2D eigenvalue weighted by Crippen LogP contribution is 2.47. The van der Waals surface area contributed by atoms with E-state index in [9.17, 15) is 0 Å². The van der Waals surface area contributed by atoms with Crippen LogP contribution < -0.4 is 0 Å². The Kier molecular flexibility index (Phi) is 5.13. The summed E-state index contributed by atoms with van der Waals surface area (Å²) in [5.41, 5.74) is 5.14. The fraction of sp³-hybridized carbons (Fsp3) is 0. The number of benzene rings is 8. The Bertz CT molecular complexity index is 2720. The summed E-state index contributed by atoms with van der Waals surface area (Å²) in [5.74, 6) is 0. The minimum Gasteiger partial charge on any atom is -0.135 e. The molecule has 0 aliphatic rings. The topological polar surface area (TPSA) is 0 Å². The molecular weight excluding hydrogens is 569 g/mol. The van der Waals surface area contributed by atoms with E-state index >= 15 is 0 Å². The molecule has 0 N–H and O–H groups in total. The Morgan fingerprint density at radius 2 is 0.727 bits per heavy atom. The van der Waals surface area contributed by atoms with Gasteiger partial charge in [0.05, 0.1) is 0 Å². The molecule has 0 nitrogen and oxygen atoms in total. The lowest BCUT2D eigenvalue weighted by molar-refractivity contribution is 1.69. The molecule has 0 aliphatic heterocycles. The van der Waals surface area contributed by atoms with E-state index in [1.165, 1.54) is 94.9 Å². The maximum atomic E-state index is 2.44. The fourth-order valence-corrected chi connectivity index (χ4v) is 9.48. The van der Waals surface area contributed by atoms with Crippen LogP contribution in [0.25, 0.3) is 94.9 Å². The molecule has 0 radical (unpaired) electrons. The van der Waals surface area contributed by atoms with Crippen LogP contribution in [-0.2, 0) is 0 Å². The van der Waals surface area contributed by atoms with Crippen molar-refractivity contribution in [3.63, 3.8) is 0 Å². The number of fused-ring (bicyclic) bond motifs is 9. The molecule has 0 saturated heterocycles. The number of hydrogen-bond acceptors (Lipinski definition) is 2. The zero-order valence-corrected chi connectivity index (χ0v) is 25.3. The lowest BCUT2D eigenvalue weighted by atomic mass is 9.85. The molecule has 0 bridgehead atoms. The minimum atomic E-state index is 1.26. The van der Waals surface area contributed by atoms with E-state index in [0.717, 1.165) is 0 Å². The predicted molar refractivity (Wildman–Crippen MR) is 196 cm³/mol. The van der Waals surface area contributed by atoms with Gasteiger partial charge in [0.2, 0.25) is 0 Å². The highest BCUT2D eigenvalue weighted by molar-refractivity contribution is 7.27. The fourth-order valence-electron chi connectivity index (χ4n) is 7.25. The van der Waals surface area contributed by atoms with Crippen molar-refractivity contribution < 1.29 is 0 Å². The highest BCUT2D eigenvalue weighted by Gasteiger charge is 2.18. The lowest BCUT2D eigenvalue weighted by Gasteiger charge is -2.18. The predicted octanol–water partition coefficient (Wildman–Crippen LogP) is 13.2. The molecule has 0 atom stereocenters. The van der Waals surface area contributed by atoms with E-state index in [1.807, 2.05) is 22.7 Å². The summed E-state index contributed by atoms with van der Waals surface area (Å²) in [6.07, 6.45) is 0. The van der Waals surface area contributed by atoms with Gasteiger partial charge in [-0.15, -0.1) is 22.7 Å². The molecule has 44 heavy (non-hydrogen) atoms. The SMILES string of the molecule is c1ccc2cc(-c3c4ccccc4c(-c4ccc5sc6cc7c(cc6c5c4)sc4ccccc47)c4ccccc34)ccc2c1. The van der Waals surface area contributed by atoms with Gasteiger partial charge >= 0.3 is 0 Å². The molecule has 0 spiro atoms. The Labute approximate surface area is 262 Å². The van der Waals surface area contributed by atoms with Crippen molar-refractivity contribution >= 4 is 95.3 Å². The minimum absolute atomic E-state index is 1.26. The largest absolute Gasteiger partial charge is 0.135 e. The van der Waals surface area contributed by atoms with Crippen molar-refractivity contribution in [3.05, 3.63) is 146 Å². The van der Waals surface area contributed by atoms with Crippen LogP contribution in [0, 0.1) is 0 Å². The normalized spacial score (nSPS) is 12.1. The van der Waals surface area contributed by atoms with Gasteiger partial charge in [-0.1, -0.05) is 109 Å². The first kappa shape index (κ1) is 24.4. The number of thiophene rings is 2. The summed E-state index contributed by atoms with van der Waals surface area (Å²) in [6.45, 7) is 0. The van der Waals surface area contributed by atoms with Crippen molar-refractivity contribution in [2.75, 3.05) is 0 Å². The van der Waals surface area contributed by atoms with Gasteiger partial charge in [-0.05, 0) is 91.0 Å². The van der Waals surface area contributed by atoms with Gasteiger partial charge in [-0.2, -0.15) is 0 Å². The molecule has 0 saturated carbocycles. The second-order valence-electron chi connectivity index (χ2n) is 11.7. The summed E-state index contributed by atoms with van der Waals surface area (Å²) in [5, 5.41) is 13.1. The first-order valence-electron chi connectivity index (χ1n) is 15.0. The van der Waals surface area contributed by atoms with E-state index < -0.39 is 0 Å². The summed E-state index contributed by atoms with van der Waals surface area (Å²) in [4.78, 5) is 0. The van der Waals surface area contributed by atoms with Crippen molar-refractivity contribution in [1.82, 2.24) is 0 Å². The summed E-state index contributed by atoms with van der Waals surface area (Å²) in [7, 11) is 0. The Morgan fingerprint density at radius 1 is 0.273 bits per heavy atom. The average Bonchev–Trinajstić information content (AvgIpc) is 3.62. The second kappa shape index (κ2) is 9.24. The highest BCUT2D eigenvalue weighted by atomic mass is 32.1. The standard InChI is InChI=1S/C42H24S2/c1-2-10-26-21-27(18-17-25(26)9-1)41-30-12-3-5-14-32(30)42(33-15-6-4-13-31(33)41)28-19-20-38-34(22-28)36-24-39-35(23-40(36)44-38)29-11-7-8-16-37(29)43-39/h1-24H. The smallest absolute Gasteiger partial charge is 0.0362 e. The molecule has 204 valence electrons. The van der Waals surface area contributed by atoms with Gasteiger partial charge in [0.15, 0.2) is 0 Å². The Balaban J connectivity index is 1.26. The van der Waals surface area contributed by atoms with Crippen LogP contribution in [0.2, 0.25) is 0 Å². The van der Waals surface area contributed by atoms with Crippen LogP contribution in [0.15, 0.2) is 146 Å². The van der Waals surface area contributed by atoms with Crippen LogP contribution >= 0.6 is 22.7 Å². The maximum Gasteiger partial charge on any atom is 0.0362 e. The average molecular weight is 593 g/mol. The summed E-state index contributed by atoms with van der Waals surface area (Å²) < 4.78 is 5.41.